The van der Waals surface area contributed by atoms with Gasteiger partial charge >= 0.3 is 0 Å². The Labute approximate surface area is 123 Å². The maximum Gasteiger partial charge on any atom is 0.119 e. The summed E-state index contributed by atoms with van der Waals surface area (Å²) in [5.41, 5.74) is 0. The van der Waals surface area contributed by atoms with Gasteiger partial charge in [-0.15, -0.1) is 0 Å². The number of rotatable bonds is 8. The quantitative estimate of drug-likeness (QED) is 0.739. The summed E-state index contributed by atoms with van der Waals surface area (Å²) in [5, 5.41) is 3.46. The molecule has 20 heavy (non-hydrogen) atoms. The monoisotopic (exact) mass is 276 g/mol. The van der Waals surface area contributed by atoms with Crippen molar-refractivity contribution in [3.8, 4) is 5.75 Å². The molecule has 1 fully saturated rings. The third-order valence-corrected chi connectivity index (χ3v) is 4.03. The van der Waals surface area contributed by atoms with Crippen molar-refractivity contribution in [2.45, 2.75) is 38.6 Å². The molecule has 1 N–H and O–H groups in total. The van der Waals surface area contributed by atoms with Crippen LogP contribution in [0.3, 0.4) is 0 Å². The zero-order valence-corrected chi connectivity index (χ0v) is 12.7. The minimum atomic E-state index is 0.740. The molecule has 0 radical (unpaired) electrons. The first-order valence-corrected chi connectivity index (χ1v) is 7.99. The van der Waals surface area contributed by atoms with Crippen molar-refractivity contribution in [3.63, 3.8) is 0 Å². The van der Waals surface area contributed by atoms with E-state index >= 15 is 0 Å². The predicted octanol–water partition coefficient (Wildman–Crippen LogP) is 2.92. The van der Waals surface area contributed by atoms with E-state index in [1.807, 2.05) is 30.3 Å². The minimum Gasteiger partial charge on any atom is -0.492 e. The largest absolute Gasteiger partial charge is 0.492 e. The molecule has 1 atom stereocenters. The number of hydrogen-bond acceptors (Lipinski definition) is 3. The molecule has 0 aliphatic carbocycles. The van der Waals surface area contributed by atoms with Gasteiger partial charge in [0.1, 0.15) is 12.4 Å². The summed E-state index contributed by atoms with van der Waals surface area (Å²) in [6.07, 6.45) is 5.39. The third kappa shape index (κ3) is 5.51. The van der Waals surface area contributed by atoms with E-state index in [0.717, 1.165) is 31.5 Å². The Morgan fingerprint density at radius 2 is 2.05 bits per heavy atom. The van der Waals surface area contributed by atoms with Gasteiger partial charge in [0.15, 0.2) is 0 Å². The fourth-order valence-corrected chi connectivity index (χ4v) is 2.78. The predicted molar refractivity (Wildman–Crippen MR) is 84.3 cm³/mol. The summed E-state index contributed by atoms with van der Waals surface area (Å²) in [4.78, 5) is 2.63. The molecule has 1 aliphatic rings. The van der Waals surface area contributed by atoms with Crippen LogP contribution in [0.2, 0.25) is 0 Å². The lowest BCUT2D eigenvalue weighted by molar-refractivity contribution is 0.158. The highest BCUT2D eigenvalue weighted by atomic mass is 16.5. The molecule has 1 unspecified atom stereocenters. The van der Waals surface area contributed by atoms with Crippen molar-refractivity contribution in [3.05, 3.63) is 30.3 Å². The van der Waals surface area contributed by atoms with Gasteiger partial charge in [-0.1, -0.05) is 24.6 Å². The van der Waals surface area contributed by atoms with Crippen molar-refractivity contribution in [1.29, 1.82) is 0 Å². The Morgan fingerprint density at radius 1 is 1.20 bits per heavy atom. The summed E-state index contributed by atoms with van der Waals surface area (Å²) in [5.74, 6) is 0.955. The first-order valence-electron chi connectivity index (χ1n) is 7.99. The van der Waals surface area contributed by atoms with E-state index in [1.165, 1.54) is 38.8 Å². The van der Waals surface area contributed by atoms with E-state index in [2.05, 4.69) is 17.1 Å². The number of para-hydroxylation sites is 1. The van der Waals surface area contributed by atoms with Gasteiger partial charge < -0.3 is 15.0 Å². The Kier molecular flexibility index (Phi) is 6.89. The van der Waals surface area contributed by atoms with Crippen LogP contribution in [0, 0.1) is 0 Å². The standard InChI is InChI=1S/C17H28N2O/c1-16-8-5-6-13-19(16)14-7-11-18-12-15-20-17-9-3-2-4-10-17/h2-4,9-10,16,18H,5-8,11-15H2,1H3. The molecule has 3 nitrogen and oxygen atoms in total. The average Bonchev–Trinajstić information content (AvgIpc) is 2.49. The number of nitrogens with one attached hydrogen (secondary N) is 1. The van der Waals surface area contributed by atoms with E-state index in [-0.39, 0.29) is 0 Å². The lowest BCUT2D eigenvalue weighted by Crippen LogP contribution is -2.39. The van der Waals surface area contributed by atoms with Crippen LogP contribution >= 0.6 is 0 Å². The lowest BCUT2D eigenvalue weighted by atomic mass is 10.0. The van der Waals surface area contributed by atoms with Crippen molar-refractivity contribution < 1.29 is 4.74 Å². The second kappa shape index (κ2) is 8.98. The molecule has 1 aromatic rings. The highest BCUT2D eigenvalue weighted by Gasteiger charge is 2.16. The topological polar surface area (TPSA) is 24.5 Å². The van der Waals surface area contributed by atoms with Gasteiger partial charge in [0.05, 0.1) is 0 Å². The molecule has 112 valence electrons. The summed E-state index contributed by atoms with van der Waals surface area (Å²) in [7, 11) is 0. The maximum atomic E-state index is 5.65. The second-order valence-electron chi connectivity index (χ2n) is 5.65. The zero-order valence-electron chi connectivity index (χ0n) is 12.7. The van der Waals surface area contributed by atoms with Gasteiger partial charge in [-0.2, -0.15) is 0 Å². The molecule has 0 amide bonds. The van der Waals surface area contributed by atoms with Crippen molar-refractivity contribution in [2.24, 2.45) is 0 Å². The van der Waals surface area contributed by atoms with Crippen molar-refractivity contribution in [2.75, 3.05) is 32.8 Å². The number of benzene rings is 1. The molecule has 0 bridgehead atoms. The van der Waals surface area contributed by atoms with Gasteiger partial charge in [0.2, 0.25) is 0 Å². The van der Waals surface area contributed by atoms with E-state index in [4.69, 9.17) is 4.74 Å². The number of piperidine rings is 1. The summed E-state index contributed by atoms with van der Waals surface area (Å²) in [6, 6.07) is 10.8. The van der Waals surface area contributed by atoms with Gasteiger partial charge in [-0.05, 0) is 58.0 Å². The molecule has 0 spiro atoms. The molecular weight excluding hydrogens is 248 g/mol. The van der Waals surface area contributed by atoms with Crippen molar-refractivity contribution >= 4 is 0 Å². The van der Waals surface area contributed by atoms with Crippen LogP contribution in [0.1, 0.15) is 32.6 Å². The highest BCUT2D eigenvalue weighted by molar-refractivity contribution is 5.20. The van der Waals surface area contributed by atoms with Crippen LogP contribution in [0.5, 0.6) is 5.75 Å². The maximum absolute atomic E-state index is 5.65. The normalized spacial score (nSPS) is 19.9. The first kappa shape index (κ1) is 15.3. The number of ether oxygens (including phenoxy) is 1. The number of likely N-dealkylation sites (tertiary alicyclic amines) is 1. The van der Waals surface area contributed by atoms with E-state index in [9.17, 15) is 0 Å². The van der Waals surface area contributed by atoms with Crippen LogP contribution in [-0.2, 0) is 0 Å². The van der Waals surface area contributed by atoms with E-state index in [1.54, 1.807) is 0 Å². The number of nitrogens with zero attached hydrogens (tertiary/aromatic N) is 1. The van der Waals surface area contributed by atoms with Crippen LogP contribution in [0.25, 0.3) is 0 Å². The minimum absolute atomic E-state index is 0.740. The average molecular weight is 276 g/mol. The third-order valence-electron chi connectivity index (χ3n) is 4.03. The Balaban J connectivity index is 1.45. The van der Waals surface area contributed by atoms with Crippen LogP contribution in [0.15, 0.2) is 30.3 Å². The molecule has 2 rings (SSSR count). The van der Waals surface area contributed by atoms with E-state index in [0.29, 0.717) is 0 Å². The van der Waals surface area contributed by atoms with Crippen LogP contribution in [0.4, 0.5) is 0 Å². The fraction of sp³-hybridized carbons (Fsp3) is 0.647. The highest BCUT2D eigenvalue weighted by Crippen LogP contribution is 2.16. The molecule has 1 aromatic carbocycles. The smallest absolute Gasteiger partial charge is 0.119 e. The zero-order chi connectivity index (χ0) is 14.0. The van der Waals surface area contributed by atoms with Gasteiger partial charge in [0.25, 0.3) is 0 Å². The molecule has 1 aliphatic heterocycles. The van der Waals surface area contributed by atoms with Gasteiger partial charge in [-0.25, -0.2) is 0 Å². The molecule has 3 heteroatoms. The summed E-state index contributed by atoms with van der Waals surface area (Å²) >= 11 is 0. The SMILES string of the molecule is CC1CCCCN1CCCNCCOc1ccccc1. The Morgan fingerprint density at radius 3 is 2.85 bits per heavy atom. The second-order valence-corrected chi connectivity index (χ2v) is 5.65. The fourth-order valence-electron chi connectivity index (χ4n) is 2.78. The first-order chi connectivity index (χ1) is 9.86. The van der Waals surface area contributed by atoms with Gasteiger partial charge in [0, 0.05) is 12.6 Å². The molecule has 0 aromatic heterocycles. The Hall–Kier alpha value is -1.06. The summed E-state index contributed by atoms with van der Waals surface area (Å²) in [6.45, 7) is 7.63. The van der Waals surface area contributed by atoms with Gasteiger partial charge in [-0.3, -0.25) is 0 Å². The number of hydrogen-bond donors (Lipinski definition) is 1. The Bertz CT molecular complexity index is 355. The molecular formula is C17H28N2O. The van der Waals surface area contributed by atoms with Crippen LogP contribution < -0.4 is 10.1 Å². The molecule has 1 heterocycles. The summed E-state index contributed by atoms with van der Waals surface area (Å²) < 4.78 is 5.65. The molecule has 1 saturated heterocycles. The van der Waals surface area contributed by atoms with Crippen molar-refractivity contribution in [1.82, 2.24) is 10.2 Å². The van der Waals surface area contributed by atoms with E-state index < -0.39 is 0 Å². The van der Waals surface area contributed by atoms with Crippen LogP contribution in [-0.4, -0.2) is 43.7 Å². The lowest BCUT2D eigenvalue weighted by Gasteiger charge is -2.33. The molecule has 0 saturated carbocycles.